The third-order valence-corrected chi connectivity index (χ3v) is 7.78. The zero-order chi connectivity index (χ0) is 36.7. The van der Waals surface area contributed by atoms with Crippen LogP contribution in [0.5, 0.6) is 0 Å². The molecule has 0 fully saturated rings. The number of halogens is 1. The van der Waals surface area contributed by atoms with E-state index in [2.05, 4.69) is 49.9 Å². The molecule has 8 rings (SSSR count). The first-order valence-corrected chi connectivity index (χ1v) is 13.9. The summed E-state index contributed by atoms with van der Waals surface area (Å²) in [6.07, 6.45) is 0. The summed E-state index contributed by atoms with van der Waals surface area (Å²) in [5, 5.41) is 4.48. The number of para-hydroxylation sites is 1. The van der Waals surface area contributed by atoms with Crippen LogP contribution in [0.2, 0.25) is 5.02 Å². The van der Waals surface area contributed by atoms with Crippen molar-refractivity contribution in [2.75, 3.05) is 0 Å². The fourth-order valence-corrected chi connectivity index (χ4v) is 5.64. The number of aromatic nitrogens is 4. The van der Waals surface area contributed by atoms with Crippen molar-refractivity contribution in [1.29, 1.82) is 0 Å². The lowest BCUT2D eigenvalue weighted by Gasteiger charge is -2.13. The summed E-state index contributed by atoms with van der Waals surface area (Å²) in [5.74, 6) is -0.494. The van der Waals surface area contributed by atoms with Crippen molar-refractivity contribution in [2.24, 2.45) is 0 Å². The van der Waals surface area contributed by atoms with Gasteiger partial charge < -0.3 is 4.57 Å². The highest BCUT2D eigenvalue weighted by atomic mass is 35.5. The van der Waals surface area contributed by atoms with Gasteiger partial charge in [0, 0.05) is 33.2 Å². The van der Waals surface area contributed by atoms with Crippen LogP contribution in [0.3, 0.4) is 0 Å². The molecule has 5 heteroatoms. The van der Waals surface area contributed by atoms with Crippen LogP contribution in [-0.4, -0.2) is 19.5 Å². The molecule has 0 spiro atoms. The van der Waals surface area contributed by atoms with E-state index < -0.39 is 48.3 Å². The minimum Gasteiger partial charge on any atom is -0.309 e. The van der Waals surface area contributed by atoms with Crippen LogP contribution >= 0.6 is 11.6 Å². The van der Waals surface area contributed by atoms with E-state index in [1.54, 1.807) is 12.1 Å². The number of fused-ring (bicyclic) bond motifs is 4. The first-order valence-electron chi connectivity index (χ1n) is 18.0. The molecular weight excluding hydrogens is 548 g/mol. The van der Waals surface area contributed by atoms with Gasteiger partial charge in [0.25, 0.3) is 0 Å². The molecule has 0 aliphatic rings. The van der Waals surface area contributed by atoms with Crippen LogP contribution < -0.4 is 0 Å². The average molecular weight is 582 g/mol. The normalized spacial score (nSPS) is 14.4. The summed E-state index contributed by atoms with van der Waals surface area (Å²) >= 11 is 6.88. The van der Waals surface area contributed by atoms with Gasteiger partial charge in [-0.25, -0.2) is 15.0 Å². The second-order valence-corrected chi connectivity index (χ2v) is 10.4. The highest BCUT2D eigenvalue weighted by Gasteiger charge is 2.18. The number of hydrogen-bond donors (Lipinski definition) is 0. The Balaban J connectivity index is 1.44. The Morgan fingerprint density at radius 3 is 2.12 bits per heavy atom. The molecule has 0 bridgehead atoms. The summed E-state index contributed by atoms with van der Waals surface area (Å²) in [6.45, 7) is 1.51. The predicted octanol–water partition coefficient (Wildman–Crippen LogP) is 10.1. The van der Waals surface area contributed by atoms with Crippen molar-refractivity contribution in [3.05, 3.63) is 144 Å². The standard InChI is InChI=1S/C38H25ClN4/c1-24-11-5-8-16-29(24)37-40-36(25-12-3-2-4-13-25)41-38(42-37)32-23-28(19-20-33(32)39)43-34-18-10-9-17-30(34)31-21-26-14-6-7-15-27(26)22-35(31)43/h2-23H,1H3/i2D,3D,4D,5D,8D,11D,12D,13D,16D. The second kappa shape index (κ2) is 10.2. The molecule has 2 aromatic heterocycles. The van der Waals surface area contributed by atoms with Gasteiger partial charge in [0.2, 0.25) is 0 Å². The van der Waals surface area contributed by atoms with E-state index in [9.17, 15) is 0 Å². The highest BCUT2D eigenvalue weighted by molar-refractivity contribution is 6.33. The molecule has 0 saturated carbocycles. The van der Waals surface area contributed by atoms with Crippen molar-refractivity contribution in [3.8, 4) is 39.9 Å². The minimum atomic E-state index is -0.587. The molecular formula is C38H25ClN4. The van der Waals surface area contributed by atoms with Gasteiger partial charge in [-0.2, -0.15) is 0 Å². The lowest BCUT2D eigenvalue weighted by Crippen LogP contribution is -2.02. The van der Waals surface area contributed by atoms with Gasteiger partial charge in [0.15, 0.2) is 17.5 Å². The lowest BCUT2D eigenvalue weighted by atomic mass is 10.1. The number of rotatable bonds is 4. The van der Waals surface area contributed by atoms with Gasteiger partial charge in [0.1, 0.15) is 0 Å². The van der Waals surface area contributed by atoms with Gasteiger partial charge >= 0.3 is 0 Å². The molecule has 0 amide bonds. The molecule has 0 aliphatic heterocycles. The molecule has 4 nitrogen and oxygen atoms in total. The smallest absolute Gasteiger partial charge is 0.165 e. The molecule has 0 aliphatic carbocycles. The fraction of sp³-hybridized carbons (Fsp3) is 0.0263. The Bertz CT molecular complexity index is 2690. The van der Waals surface area contributed by atoms with E-state index in [0.29, 0.717) is 11.3 Å². The monoisotopic (exact) mass is 581 g/mol. The van der Waals surface area contributed by atoms with Gasteiger partial charge in [0.05, 0.1) is 28.4 Å². The number of nitrogens with zero attached hydrogens (tertiary/aromatic N) is 4. The molecule has 204 valence electrons. The van der Waals surface area contributed by atoms with Gasteiger partial charge in [-0.3, -0.25) is 0 Å². The third-order valence-electron chi connectivity index (χ3n) is 7.45. The summed E-state index contributed by atoms with van der Waals surface area (Å²) in [6, 6.07) is 21.3. The van der Waals surface area contributed by atoms with E-state index in [-0.39, 0.29) is 45.2 Å². The Morgan fingerprint density at radius 1 is 0.605 bits per heavy atom. The molecule has 0 radical (unpaired) electrons. The third kappa shape index (κ3) is 4.35. The van der Waals surface area contributed by atoms with Crippen molar-refractivity contribution in [2.45, 2.75) is 6.92 Å². The molecule has 8 aromatic rings. The van der Waals surface area contributed by atoms with Crippen LogP contribution in [0.25, 0.3) is 72.4 Å². The lowest BCUT2D eigenvalue weighted by molar-refractivity contribution is 1.07. The van der Waals surface area contributed by atoms with Crippen LogP contribution in [-0.2, 0) is 0 Å². The molecule has 0 N–H and O–H groups in total. The van der Waals surface area contributed by atoms with Gasteiger partial charge in [-0.1, -0.05) is 108 Å². The maximum atomic E-state index is 8.74. The van der Waals surface area contributed by atoms with Gasteiger partial charge in [-0.15, -0.1) is 0 Å². The zero-order valence-electron chi connectivity index (χ0n) is 31.7. The van der Waals surface area contributed by atoms with E-state index >= 15 is 0 Å². The van der Waals surface area contributed by atoms with Crippen molar-refractivity contribution >= 4 is 44.2 Å². The largest absolute Gasteiger partial charge is 0.309 e. The summed E-state index contributed by atoms with van der Waals surface area (Å²) in [4.78, 5) is 13.8. The van der Waals surface area contributed by atoms with Crippen molar-refractivity contribution in [1.82, 2.24) is 19.5 Å². The Labute approximate surface area is 266 Å². The SMILES string of the molecule is [2H]c1c([2H])c([2H])c(-c2nc(-c3cc(-n4c5ccccc5c5cc6ccccc6cc54)ccc3Cl)nc(-c3c([2H])c([2H])c([2H])c([2H])c3C)n2)c([2H])c1[2H]. The Hall–Kier alpha value is -5.32. The van der Waals surface area contributed by atoms with Crippen LogP contribution in [0, 0.1) is 6.92 Å². The van der Waals surface area contributed by atoms with Crippen LogP contribution in [0.1, 0.15) is 17.9 Å². The van der Waals surface area contributed by atoms with Crippen LogP contribution in [0.4, 0.5) is 0 Å². The van der Waals surface area contributed by atoms with Crippen LogP contribution in [0.15, 0.2) is 133 Å². The van der Waals surface area contributed by atoms with E-state index in [1.807, 2.05) is 36.4 Å². The molecule has 0 unspecified atom stereocenters. The quantitative estimate of drug-likeness (QED) is 0.208. The first kappa shape index (κ1) is 17.6. The van der Waals surface area contributed by atoms with Gasteiger partial charge in [-0.05, 0) is 59.7 Å². The van der Waals surface area contributed by atoms with Crippen molar-refractivity contribution in [3.63, 3.8) is 0 Å². The molecule has 43 heavy (non-hydrogen) atoms. The highest BCUT2D eigenvalue weighted by Crippen LogP contribution is 2.37. The number of hydrogen-bond acceptors (Lipinski definition) is 3. The number of benzene rings is 6. The Morgan fingerprint density at radius 2 is 1.28 bits per heavy atom. The first-order chi connectivity index (χ1) is 24.9. The average Bonchev–Trinajstić information content (AvgIpc) is 3.47. The maximum Gasteiger partial charge on any atom is 0.165 e. The molecule has 2 heterocycles. The van der Waals surface area contributed by atoms with E-state index in [0.717, 1.165) is 32.6 Å². The summed E-state index contributed by atoms with van der Waals surface area (Å²) < 4.78 is 77.8. The molecule has 6 aromatic carbocycles. The molecule has 0 atom stereocenters. The maximum absolute atomic E-state index is 8.74. The summed E-state index contributed by atoms with van der Waals surface area (Å²) in [5.41, 5.74) is 2.76. The fourth-order valence-electron chi connectivity index (χ4n) is 5.44. The second-order valence-electron chi connectivity index (χ2n) is 10.0. The van der Waals surface area contributed by atoms with Crippen molar-refractivity contribution < 1.29 is 12.3 Å². The molecule has 0 saturated heterocycles. The zero-order valence-corrected chi connectivity index (χ0v) is 23.4. The van der Waals surface area contributed by atoms with E-state index in [1.165, 1.54) is 6.92 Å². The summed E-state index contributed by atoms with van der Waals surface area (Å²) in [7, 11) is 0. The Kier molecular flexibility index (Phi) is 4.17. The van der Waals surface area contributed by atoms with E-state index in [4.69, 9.17) is 23.9 Å². The minimum absolute atomic E-state index is 0.0233. The topological polar surface area (TPSA) is 43.6 Å². The predicted molar refractivity (Wildman–Crippen MR) is 178 cm³/mol.